The number of hydrogen-bond acceptors (Lipinski definition) is 11. The molecule has 4 bridgehead atoms. The molecule has 16 heteroatoms. The number of rotatable bonds is 12. The van der Waals surface area contributed by atoms with Crippen molar-refractivity contribution in [2.45, 2.75) is 39.3 Å². The lowest BCUT2D eigenvalue weighted by molar-refractivity contribution is -0.139. The summed E-state index contributed by atoms with van der Waals surface area (Å²) in [5, 5.41) is 18.2. The van der Waals surface area contributed by atoms with Crippen LogP contribution in [0.4, 0.5) is 0 Å². The Balaban J connectivity index is 0.00000119. The summed E-state index contributed by atoms with van der Waals surface area (Å²) in [7, 11) is 2.98. The summed E-state index contributed by atoms with van der Waals surface area (Å²) >= 11 is 0. The number of nitrogens with zero attached hydrogens (tertiary/aromatic N) is 2. The molecule has 55 heavy (non-hydrogen) atoms. The Morgan fingerprint density at radius 2 is 1.62 bits per heavy atom. The van der Waals surface area contributed by atoms with Gasteiger partial charge >= 0.3 is 0 Å². The van der Waals surface area contributed by atoms with Gasteiger partial charge in [0.05, 0.1) is 19.2 Å². The Bertz CT molecular complexity index is 1810. The number of fused-ring (bicyclic) bond motifs is 5. The van der Waals surface area contributed by atoms with E-state index in [9.17, 15) is 24.0 Å². The van der Waals surface area contributed by atoms with Crippen LogP contribution in [0, 0.1) is 25.2 Å². The first-order valence-electron chi connectivity index (χ1n) is 17.7. The van der Waals surface area contributed by atoms with Gasteiger partial charge in [0.1, 0.15) is 37.3 Å². The van der Waals surface area contributed by atoms with E-state index in [0.29, 0.717) is 53.1 Å². The number of nitriles is 1. The monoisotopic (exact) mass is 759 g/mol. The van der Waals surface area contributed by atoms with Crippen LogP contribution in [0.3, 0.4) is 0 Å². The van der Waals surface area contributed by atoms with Gasteiger partial charge < -0.3 is 52.8 Å². The van der Waals surface area contributed by atoms with Crippen molar-refractivity contribution in [2.24, 2.45) is 17.2 Å². The molecule has 1 aliphatic rings. The van der Waals surface area contributed by atoms with Crippen molar-refractivity contribution < 1.29 is 33.4 Å². The van der Waals surface area contributed by atoms with Crippen LogP contribution in [0.2, 0.25) is 0 Å². The quantitative estimate of drug-likeness (QED) is 0.0764. The molecule has 1 heterocycles. The normalized spacial score (nSPS) is 14.7. The molecule has 0 fully saturated rings. The van der Waals surface area contributed by atoms with E-state index in [1.807, 2.05) is 51.1 Å². The highest BCUT2D eigenvalue weighted by molar-refractivity contribution is 5.98. The molecule has 296 valence electrons. The number of ether oxygens (including phenoxy) is 2. The van der Waals surface area contributed by atoms with Crippen molar-refractivity contribution in [1.82, 2.24) is 26.2 Å². The Hall–Kier alpha value is -6.02. The van der Waals surface area contributed by atoms with Crippen LogP contribution in [-0.2, 0) is 25.6 Å². The number of likely N-dealkylation sites (N-methyl/N-ethyl adjacent to an activating group) is 1. The van der Waals surface area contributed by atoms with Gasteiger partial charge in [0, 0.05) is 42.9 Å². The van der Waals surface area contributed by atoms with Crippen molar-refractivity contribution in [2.75, 3.05) is 60.0 Å². The first kappa shape index (κ1) is 45.1. The van der Waals surface area contributed by atoms with Crippen molar-refractivity contribution in [3.63, 3.8) is 0 Å². The van der Waals surface area contributed by atoms with Gasteiger partial charge in [0.25, 0.3) is 5.91 Å². The van der Waals surface area contributed by atoms with E-state index < -0.39 is 23.8 Å². The van der Waals surface area contributed by atoms with Gasteiger partial charge in [-0.2, -0.15) is 5.26 Å². The van der Waals surface area contributed by atoms with Crippen LogP contribution in [0.15, 0.2) is 54.6 Å². The van der Waals surface area contributed by atoms with Crippen molar-refractivity contribution >= 4 is 30.0 Å². The summed E-state index contributed by atoms with van der Waals surface area (Å²) < 4.78 is 12.0. The van der Waals surface area contributed by atoms with E-state index in [1.165, 1.54) is 19.0 Å². The van der Waals surface area contributed by atoms with Crippen molar-refractivity contribution in [3.8, 4) is 28.7 Å². The van der Waals surface area contributed by atoms with Gasteiger partial charge in [-0.15, -0.1) is 0 Å². The van der Waals surface area contributed by atoms with Crippen molar-refractivity contribution in [1.29, 1.82) is 5.26 Å². The van der Waals surface area contributed by atoms with Gasteiger partial charge in [0.15, 0.2) is 0 Å². The standard InChI is InChI=1S/C35H44N6O6.C3H4N2O.CH5N/c1-21-5-8-26(22(2)15-21)34(44)39-20-32(43)41(4)33-25-7-10-30(47-14-12-37)28(18-25)27-17-24(6-9-29(27)46-13-11-36)16-23(3)40-31(42)19-38-35(33)45;4-1-2-5-3-6;1-2/h5-10,15,17-18,23,33H,11-14,16,19-20,36-37H2,1-4H3,(H,38,45)(H,39,44)(H,40,42);3H,2H2,(H,5,6);2H2,1H3. The molecule has 16 nitrogen and oxygen atoms in total. The summed E-state index contributed by atoms with van der Waals surface area (Å²) in [5.74, 6) is -0.795. The summed E-state index contributed by atoms with van der Waals surface area (Å²) in [6.45, 7) is 6.20. The topological polar surface area (TPSA) is 257 Å². The molecule has 3 aromatic rings. The van der Waals surface area contributed by atoms with Crippen LogP contribution in [-0.4, -0.2) is 101 Å². The van der Waals surface area contributed by atoms with Crippen LogP contribution >= 0.6 is 0 Å². The third kappa shape index (κ3) is 13.7. The number of hydrogen-bond donors (Lipinski definition) is 7. The molecular formula is C39H53N9O7. The number of carbonyl (C=O) groups is 5. The molecule has 4 rings (SSSR count). The average Bonchev–Trinajstić information content (AvgIpc) is 3.17. The van der Waals surface area contributed by atoms with Crippen LogP contribution in [0.5, 0.6) is 11.5 Å². The fourth-order valence-corrected chi connectivity index (χ4v) is 5.65. The highest BCUT2D eigenvalue weighted by Crippen LogP contribution is 2.40. The fraction of sp³-hybridized carbons (Fsp3) is 0.385. The Kier molecular flexibility index (Phi) is 19.4. The molecule has 10 N–H and O–H groups in total. The zero-order valence-corrected chi connectivity index (χ0v) is 32.1. The first-order valence-corrected chi connectivity index (χ1v) is 17.7. The SMILES string of the molecule is CN.Cc1ccc(C(=O)NCC(=O)N(C)C2C(=O)NCC(=O)NC(C)Cc3ccc(OCCN)c(c3)-c3cc2ccc3OCCN)c(C)c1.N#CCNC=O. The van der Waals surface area contributed by atoms with E-state index in [4.69, 9.17) is 26.2 Å². The summed E-state index contributed by atoms with van der Waals surface area (Å²) in [6, 6.07) is 16.7. The van der Waals surface area contributed by atoms with Crippen molar-refractivity contribution in [3.05, 3.63) is 82.4 Å². The maximum Gasteiger partial charge on any atom is 0.251 e. The number of carbonyl (C=O) groups excluding carboxylic acids is 5. The van der Waals surface area contributed by atoms with E-state index in [0.717, 1.165) is 16.7 Å². The molecule has 0 aliphatic carbocycles. The summed E-state index contributed by atoms with van der Waals surface area (Å²) in [5.41, 5.74) is 21.0. The zero-order chi connectivity index (χ0) is 40.9. The second kappa shape index (κ2) is 23.6. The van der Waals surface area contributed by atoms with E-state index >= 15 is 0 Å². The number of amides is 5. The van der Waals surface area contributed by atoms with Gasteiger partial charge in [-0.25, -0.2) is 0 Å². The second-order valence-corrected chi connectivity index (χ2v) is 12.3. The number of aryl methyl sites for hydroxylation is 2. The molecule has 0 radical (unpaired) electrons. The lowest BCUT2D eigenvalue weighted by Crippen LogP contribution is -2.48. The molecule has 2 unspecified atom stereocenters. The molecular weight excluding hydrogens is 706 g/mol. The molecule has 0 saturated heterocycles. The zero-order valence-electron chi connectivity index (χ0n) is 32.1. The minimum absolute atomic E-state index is 0.101. The van der Waals surface area contributed by atoms with E-state index in [-0.39, 0.29) is 51.3 Å². The Labute approximate surface area is 322 Å². The Morgan fingerprint density at radius 1 is 0.982 bits per heavy atom. The minimum Gasteiger partial charge on any atom is -0.492 e. The smallest absolute Gasteiger partial charge is 0.251 e. The highest BCUT2D eigenvalue weighted by Gasteiger charge is 2.31. The minimum atomic E-state index is -1.16. The predicted molar refractivity (Wildman–Crippen MR) is 209 cm³/mol. The highest BCUT2D eigenvalue weighted by atomic mass is 16.5. The number of benzene rings is 3. The summed E-state index contributed by atoms with van der Waals surface area (Å²) in [6.07, 6.45) is 1.01. The lowest BCUT2D eigenvalue weighted by atomic mass is 9.94. The van der Waals surface area contributed by atoms with Gasteiger partial charge in [-0.1, -0.05) is 29.8 Å². The lowest BCUT2D eigenvalue weighted by Gasteiger charge is -2.29. The van der Waals surface area contributed by atoms with Crippen LogP contribution in [0.1, 0.15) is 45.6 Å². The van der Waals surface area contributed by atoms with E-state index in [2.05, 4.69) is 27.0 Å². The maximum atomic E-state index is 13.8. The van der Waals surface area contributed by atoms with Gasteiger partial charge in [-0.05, 0) is 81.3 Å². The largest absolute Gasteiger partial charge is 0.492 e. The van der Waals surface area contributed by atoms with Crippen LogP contribution in [0.25, 0.3) is 11.1 Å². The average molecular weight is 760 g/mol. The molecule has 2 atom stereocenters. The molecule has 1 aliphatic heterocycles. The second-order valence-electron chi connectivity index (χ2n) is 12.3. The Morgan fingerprint density at radius 3 is 2.20 bits per heavy atom. The molecule has 3 aromatic carbocycles. The van der Waals surface area contributed by atoms with E-state index in [1.54, 1.807) is 30.3 Å². The molecule has 0 saturated carbocycles. The summed E-state index contributed by atoms with van der Waals surface area (Å²) in [4.78, 5) is 63.6. The van der Waals surface area contributed by atoms with Crippen LogP contribution < -0.4 is 47.9 Å². The first-order chi connectivity index (χ1) is 26.4. The maximum absolute atomic E-state index is 13.8. The third-order valence-electron chi connectivity index (χ3n) is 8.10. The number of nitrogens with two attached hydrogens (primary N) is 3. The van der Waals surface area contributed by atoms with Gasteiger partial charge in [-0.3, -0.25) is 24.0 Å². The predicted octanol–water partition coefficient (Wildman–Crippen LogP) is 0.583. The fourth-order valence-electron chi connectivity index (χ4n) is 5.65. The molecule has 0 spiro atoms. The third-order valence-corrected chi connectivity index (χ3v) is 8.10. The molecule has 0 aromatic heterocycles. The molecule has 5 amide bonds. The van der Waals surface area contributed by atoms with Gasteiger partial charge in [0.2, 0.25) is 24.1 Å². The number of nitrogens with one attached hydrogen (secondary N) is 4.